The van der Waals surface area contributed by atoms with Gasteiger partial charge in [-0.15, -0.1) is 0 Å². The highest BCUT2D eigenvalue weighted by atomic mass is 19.1. The number of guanidine groups is 1. The number of rotatable bonds is 6. The third-order valence-corrected chi connectivity index (χ3v) is 5.52. The number of aliphatic imine (C=N–C) groups is 1. The summed E-state index contributed by atoms with van der Waals surface area (Å²) in [4.78, 5) is 10.9. The lowest BCUT2D eigenvalue weighted by atomic mass is 10.0. The van der Waals surface area contributed by atoms with Gasteiger partial charge in [0.15, 0.2) is 5.96 Å². The van der Waals surface area contributed by atoms with Gasteiger partial charge in [-0.25, -0.2) is 13.8 Å². The number of hydrogen-bond acceptors (Lipinski definition) is 4. The molecule has 1 aromatic heterocycles. The standard InChI is InChI=1S/C24H27F2N5O/c1-27-24(28-13-19-16-32-23(29-19)17-7-3-2-4-8-17)30-18-9-6-12-31(14-18)15-20-21(25)10-5-11-22(20)26/h2-5,7-8,10-11,16,18H,6,9,12-15H2,1H3,(H2,27,28,30). The maximum absolute atomic E-state index is 14.0. The summed E-state index contributed by atoms with van der Waals surface area (Å²) in [5.74, 6) is 0.229. The lowest BCUT2D eigenvalue weighted by Gasteiger charge is -2.34. The number of oxazole rings is 1. The Hall–Kier alpha value is -3.26. The maximum Gasteiger partial charge on any atom is 0.226 e. The number of aromatic nitrogens is 1. The fourth-order valence-corrected chi connectivity index (χ4v) is 3.89. The molecule has 2 aromatic carbocycles. The highest BCUT2D eigenvalue weighted by Gasteiger charge is 2.23. The minimum absolute atomic E-state index is 0.121. The van der Waals surface area contributed by atoms with Crippen molar-refractivity contribution in [3.8, 4) is 11.5 Å². The van der Waals surface area contributed by atoms with E-state index in [1.807, 2.05) is 30.3 Å². The fraction of sp³-hybridized carbons (Fsp3) is 0.333. The Morgan fingerprint density at radius 3 is 2.69 bits per heavy atom. The molecule has 1 aliphatic heterocycles. The number of likely N-dealkylation sites (tertiary alicyclic amines) is 1. The Kier molecular flexibility index (Phi) is 7.11. The summed E-state index contributed by atoms with van der Waals surface area (Å²) in [6.45, 7) is 2.20. The largest absolute Gasteiger partial charge is 0.444 e. The molecule has 1 aliphatic rings. The molecule has 1 fully saturated rings. The molecule has 1 unspecified atom stereocenters. The molecule has 8 heteroatoms. The summed E-state index contributed by atoms with van der Waals surface area (Å²) in [7, 11) is 1.71. The van der Waals surface area contributed by atoms with Crippen molar-refractivity contribution >= 4 is 5.96 Å². The molecule has 3 aromatic rings. The number of hydrogen-bond donors (Lipinski definition) is 2. The van der Waals surface area contributed by atoms with Crippen LogP contribution >= 0.6 is 0 Å². The quantitative estimate of drug-likeness (QED) is 0.450. The second-order valence-corrected chi connectivity index (χ2v) is 7.85. The van der Waals surface area contributed by atoms with E-state index in [2.05, 4.69) is 25.5 Å². The van der Waals surface area contributed by atoms with Crippen molar-refractivity contribution in [1.29, 1.82) is 0 Å². The first kappa shape index (κ1) is 22.0. The van der Waals surface area contributed by atoms with Gasteiger partial charge in [0.1, 0.15) is 17.9 Å². The van der Waals surface area contributed by atoms with Gasteiger partial charge in [-0.1, -0.05) is 24.3 Å². The zero-order chi connectivity index (χ0) is 22.3. The van der Waals surface area contributed by atoms with Crippen LogP contribution in [0.1, 0.15) is 24.1 Å². The second kappa shape index (κ2) is 10.4. The van der Waals surface area contributed by atoms with E-state index in [-0.39, 0.29) is 18.2 Å². The summed E-state index contributed by atoms with van der Waals surface area (Å²) in [6.07, 6.45) is 3.53. The number of benzene rings is 2. The molecule has 2 N–H and O–H groups in total. The molecular weight excluding hydrogens is 412 g/mol. The first-order valence-corrected chi connectivity index (χ1v) is 10.7. The van der Waals surface area contributed by atoms with Gasteiger partial charge in [-0.05, 0) is 43.7 Å². The summed E-state index contributed by atoms with van der Waals surface area (Å²) in [5.41, 5.74) is 1.82. The summed E-state index contributed by atoms with van der Waals surface area (Å²) in [5, 5.41) is 6.67. The lowest BCUT2D eigenvalue weighted by Crippen LogP contribution is -2.50. The Morgan fingerprint density at radius 1 is 1.16 bits per heavy atom. The minimum atomic E-state index is -0.500. The summed E-state index contributed by atoms with van der Waals surface area (Å²) < 4.78 is 33.6. The van der Waals surface area contributed by atoms with E-state index in [0.29, 0.717) is 24.9 Å². The first-order valence-electron chi connectivity index (χ1n) is 10.7. The van der Waals surface area contributed by atoms with Gasteiger partial charge in [0, 0.05) is 37.3 Å². The van der Waals surface area contributed by atoms with Crippen LogP contribution in [-0.4, -0.2) is 42.0 Å². The van der Waals surface area contributed by atoms with Gasteiger partial charge < -0.3 is 15.1 Å². The molecule has 0 bridgehead atoms. The molecule has 1 atom stereocenters. The third-order valence-electron chi connectivity index (χ3n) is 5.52. The van der Waals surface area contributed by atoms with Crippen LogP contribution in [0.25, 0.3) is 11.5 Å². The van der Waals surface area contributed by atoms with Crippen LogP contribution < -0.4 is 10.6 Å². The Labute approximate surface area is 186 Å². The molecule has 1 saturated heterocycles. The SMILES string of the molecule is CN=C(NCc1coc(-c2ccccc2)n1)NC1CCCN(Cc2c(F)cccc2F)C1. The molecule has 0 aliphatic carbocycles. The topological polar surface area (TPSA) is 65.7 Å². The molecule has 6 nitrogen and oxygen atoms in total. The van der Waals surface area contributed by atoms with E-state index in [1.165, 1.54) is 18.2 Å². The number of halogens is 2. The van der Waals surface area contributed by atoms with E-state index in [1.54, 1.807) is 13.3 Å². The molecule has 0 saturated carbocycles. The lowest BCUT2D eigenvalue weighted by molar-refractivity contribution is 0.188. The average molecular weight is 440 g/mol. The van der Waals surface area contributed by atoms with Crippen molar-refractivity contribution in [3.63, 3.8) is 0 Å². The van der Waals surface area contributed by atoms with Gasteiger partial charge in [-0.2, -0.15) is 0 Å². The normalized spacial score (nSPS) is 17.3. The van der Waals surface area contributed by atoms with Crippen LogP contribution in [0.4, 0.5) is 8.78 Å². The van der Waals surface area contributed by atoms with Gasteiger partial charge in [0.25, 0.3) is 0 Å². The van der Waals surface area contributed by atoms with Crippen LogP contribution in [0.2, 0.25) is 0 Å². The van der Waals surface area contributed by atoms with Crippen LogP contribution in [0.5, 0.6) is 0 Å². The summed E-state index contributed by atoms with van der Waals surface area (Å²) in [6, 6.07) is 13.9. The highest BCUT2D eigenvalue weighted by molar-refractivity contribution is 5.79. The average Bonchev–Trinajstić information content (AvgIpc) is 3.29. The van der Waals surface area contributed by atoms with E-state index in [9.17, 15) is 8.78 Å². The van der Waals surface area contributed by atoms with Crippen molar-refractivity contribution in [3.05, 3.63) is 77.7 Å². The molecule has 0 spiro atoms. The van der Waals surface area contributed by atoms with E-state index in [0.717, 1.165) is 30.6 Å². The van der Waals surface area contributed by atoms with Crippen LogP contribution in [0, 0.1) is 11.6 Å². The van der Waals surface area contributed by atoms with E-state index in [4.69, 9.17) is 4.42 Å². The smallest absolute Gasteiger partial charge is 0.226 e. The van der Waals surface area contributed by atoms with E-state index < -0.39 is 11.6 Å². The Balaban J connectivity index is 1.30. The third kappa shape index (κ3) is 5.50. The fourth-order valence-electron chi connectivity index (χ4n) is 3.89. The van der Waals surface area contributed by atoms with Crippen molar-refractivity contribution < 1.29 is 13.2 Å². The van der Waals surface area contributed by atoms with Crippen LogP contribution in [-0.2, 0) is 13.1 Å². The zero-order valence-electron chi connectivity index (χ0n) is 18.0. The number of nitrogens with one attached hydrogen (secondary N) is 2. The van der Waals surface area contributed by atoms with Gasteiger partial charge in [-0.3, -0.25) is 9.89 Å². The van der Waals surface area contributed by atoms with Gasteiger partial charge in [0.2, 0.25) is 5.89 Å². The zero-order valence-corrected chi connectivity index (χ0v) is 18.0. The van der Waals surface area contributed by atoms with E-state index >= 15 is 0 Å². The Morgan fingerprint density at radius 2 is 1.94 bits per heavy atom. The second-order valence-electron chi connectivity index (χ2n) is 7.85. The molecule has 32 heavy (non-hydrogen) atoms. The highest BCUT2D eigenvalue weighted by Crippen LogP contribution is 2.19. The molecule has 4 rings (SSSR count). The monoisotopic (exact) mass is 439 g/mol. The number of nitrogens with zero attached hydrogens (tertiary/aromatic N) is 3. The van der Waals surface area contributed by atoms with Crippen molar-refractivity contribution in [2.24, 2.45) is 4.99 Å². The van der Waals surface area contributed by atoms with Crippen molar-refractivity contribution in [2.75, 3.05) is 20.1 Å². The first-order chi connectivity index (χ1) is 15.6. The predicted molar refractivity (Wildman–Crippen MR) is 120 cm³/mol. The van der Waals surface area contributed by atoms with Gasteiger partial charge >= 0.3 is 0 Å². The van der Waals surface area contributed by atoms with Crippen molar-refractivity contribution in [2.45, 2.75) is 32.0 Å². The Bertz CT molecular complexity index is 1030. The maximum atomic E-state index is 14.0. The molecular formula is C24H27F2N5O. The summed E-state index contributed by atoms with van der Waals surface area (Å²) >= 11 is 0. The molecule has 2 heterocycles. The van der Waals surface area contributed by atoms with Gasteiger partial charge in [0.05, 0.1) is 12.2 Å². The van der Waals surface area contributed by atoms with Crippen LogP contribution in [0.3, 0.4) is 0 Å². The minimum Gasteiger partial charge on any atom is -0.444 e. The number of piperidine rings is 1. The van der Waals surface area contributed by atoms with Crippen LogP contribution in [0.15, 0.2) is 64.2 Å². The molecule has 168 valence electrons. The molecule has 0 amide bonds. The predicted octanol–water partition coefficient (Wildman–Crippen LogP) is 3.95. The van der Waals surface area contributed by atoms with Crippen molar-refractivity contribution in [1.82, 2.24) is 20.5 Å². The molecule has 0 radical (unpaired) electrons.